The fourth-order valence-corrected chi connectivity index (χ4v) is 1.30. The van der Waals surface area contributed by atoms with E-state index < -0.39 is 24.8 Å². The van der Waals surface area contributed by atoms with Crippen molar-refractivity contribution < 1.29 is 27.5 Å². The van der Waals surface area contributed by atoms with Gasteiger partial charge in [-0.3, -0.25) is 10.1 Å². The molecule has 0 fully saturated rings. The second-order valence-electron chi connectivity index (χ2n) is 3.38. The molecule has 0 atom stereocenters. The van der Waals surface area contributed by atoms with E-state index >= 15 is 0 Å². The summed E-state index contributed by atoms with van der Waals surface area (Å²) in [7, 11) is 0. The van der Waals surface area contributed by atoms with Gasteiger partial charge in [0.15, 0.2) is 6.61 Å². The summed E-state index contributed by atoms with van der Waals surface area (Å²) in [6.45, 7) is -1.71. The highest BCUT2D eigenvalue weighted by molar-refractivity contribution is 6.33. The Morgan fingerprint density at radius 1 is 1.37 bits per heavy atom. The van der Waals surface area contributed by atoms with Crippen molar-refractivity contribution >= 4 is 29.3 Å². The first-order chi connectivity index (χ1) is 8.69. The summed E-state index contributed by atoms with van der Waals surface area (Å²) in [5.74, 6) is -0.836. The number of nitrogens with one attached hydrogen (secondary N) is 1. The monoisotopic (exact) mass is 296 g/mol. The SMILES string of the molecule is NC(=O)c1cc(NC(=O)OCC(F)(F)F)ccc1Cl. The van der Waals surface area contributed by atoms with Gasteiger partial charge in [0.2, 0.25) is 5.91 Å². The molecule has 1 aromatic rings. The predicted molar refractivity (Wildman–Crippen MR) is 61.0 cm³/mol. The summed E-state index contributed by atoms with van der Waals surface area (Å²) < 4.78 is 39.3. The molecule has 0 aromatic heterocycles. The molecule has 104 valence electrons. The fourth-order valence-electron chi connectivity index (χ4n) is 1.09. The van der Waals surface area contributed by atoms with Crippen LogP contribution in [0.25, 0.3) is 0 Å². The Hall–Kier alpha value is -1.96. The van der Waals surface area contributed by atoms with Crippen molar-refractivity contribution in [2.75, 3.05) is 11.9 Å². The number of carbonyl (C=O) groups is 2. The van der Waals surface area contributed by atoms with Gasteiger partial charge in [-0.2, -0.15) is 13.2 Å². The molecule has 19 heavy (non-hydrogen) atoms. The highest BCUT2D eigenvalue weighted by Crippen LogP contribution is 2.20. The van der Waals surface area contributed by atoms with Crippen molar-refractivity contribution in [2.24, 2.45) is 5.73 Å². The zero-order valence-electron chi connectivity index (χ0n) is 9.25. The zero-order chi connectivity index (χ0) is 14.6. The third-order valence-corrected chi connectivity index (χ3v) is 2.17. The van der Waals surface area contributed by atoms with Gasteiger partial charge in [-0.15, -0.1) is 0 Å². The van der Waals surface area contributed by atoms with E-state index in [0.717, 1.165) is 6.07 Å². The van der Waals surface area contributed by atoms with Gasteiger partial charge in [0.25, 0.3) is 0 Å². The lowest BCUT2D eigenvalue weighted by Crippen LogP contribution is -2.23. The Morgan fingerprint density at radius 2 is 2.00 bits per heavy atom. The van der Waals surface area contributed by atoms with Gasteiger partial charge in [0, 0.05) is 5.69 Å². The molecule has 0 aliphatic heterocycles. The third-order valence-electron chi connectivity index (χ3n) is 1.85. The first-order valence-corrected chi connectivity index (χ1v) is 5.17. The van der Waals surface area contributed by atoms with Crippen molar-refractivity contribution in [1.82, 2.24) is 0 Å². The summed E-state index contributed by atoms with van der Waals surface area (Å²) in [6, 6.07) is 3.67. The standard InChI is InChI=1S/C10H8ClF3N2O3/c11-7-2-1-5(3-6(7)8(15)17)16-9(18)19-4-10(12,13)14/h1-3H,4H2,(H2,15,17)(H,16,18). The molecule has 0 bridgehead atoms. The smallest absolute Gasteiger partial charge is 0.422 e. The first-order valence-electron chi connectivity index (χ1n) is 4.79. The molecular formula is C10H8ClF3N2O3. The van der Waals surface area contributed by atoms with Gasteiger partial charge < -0.3 is 10.5 Å². The molecule has 9 heteroatoms. The molecule has 1 rings (SSSR count). The molecule has 0 spiro atoms. The summed E-state index contributed by atoms with van der Waals surface area (Å²) in [5, 5.41) is 2.07. The number of anilines is 1. The third kappa shape index (κ3) is 5.04. The minimum Gasteiger partial charge on any atom is -0.440 e. The van der Waals surface area contributed by atoms with Crippen LogP contribution in [0.4, 0.5) is 23.7 Å². The van der Waals surface area contributed by atoms with Crippen LogP contribution in [0.1, 0.15) is 10.4 Å². The maximum atomic E-state index is 11.8. The summed E-state index contributed by atoms with van der Waals surface area (Å²) in [6.07, 6.45) is -5.93. The Kier molecular flexibility index (Phi) is 4.60. The molecule has 0 radical (unpaired) electrons. The average Bonchev–Trinajstić information content (AvgIpc) is 2.28. The second-order valence-corrected chi connectivity index (χ2v) is 3.78. The maximum Gasteiger partial charge on any atom is 0.422 e. The fraction of sp³-hybridized carbons (Fsp3) is 0.200. The van der Waals surface area contributed by atoms with E-state index in [1.807, 2.05) is 5.32 Å². The molecule has 0 saturated heterocycles. The van der Waals surface area contributed by atoms with Crippen LogP contribution in [0.3, 0.4) is 0 Å². The van der Waals surface area contributed by atoms with Crippen molar-refractivity contribution in [3.05, 3.63) is 28.8 Å². The predicted octanol–water partition coefficient (Wildman–Crippen LogP) is 2.55. The summed E-state index contributed by atoms with van der Waals surface area (Å²) >= 11 is 5.66. The molecular weight excluding hydrogens is 289 g/mol. The minimum absolute atomic E-state index is 0.0328. The van der Waals surface area contributed by atoms with E-state index in [1.165, 1.54) is 12.1 Å². The van der Waals surface area contributed by atoms with E-state index in [-0.39, 0.29) is 16.3 Å². The van der Waals surface area contributed by atoms with Crippen molar-refractivity contribution in [1.29, 1.82) is 0 Å². The van der Waals surface area contributed by atoms with Crippen molar-refractivity contribution in [2.45, 2.75) is 6.18 Å². The number of hydrogen-bond acceptors (Lipinski definition) is 3. The van der Waals surface area contributed by atoms with E-state index in [9.17, 15) is 22.8 Å². The van der Waals surface area contributed by atoms with Crippen LogP contribution in [0.5, 0.6) is 0 Å². The molecule has 2 amide bonds. The lowest BCUT2D eigenvalue weighted by atomic mass is 10.2. The Labute approximate surface area is 110 Å². The quantitative estimate of drug-likeness (QED) is 0.899. The van der Waals surface area contributed by atoms with E-state index in [2.05, 4.69) is 4.74 Å². The van der Waals surface area contributed by atoms with Crippen molar-refractivity contribution in [3.8, 4) is 0 Å². The van der Waals surface area contributed by atoms with Crippen LogP contribution in [0.2, 0.25) is 5.02 Å². The summed E-state index contributed by atoms with van der Waals surface area (Å²) in [4.78, 5) is 22.0. The number of nitrogens with two attached hydrogens (primary N) is 1. The number of hydrogen-bond donors (Lipinski definition) is 2. The number of carbonyl (C=O) groups excluding carboxylic acids is 2. The largest absolute Gasteiger partial charge is 0.440 e. The summed E-state index contributed by atoms with van der Waals surface area (Å²) in [5.41, 5.74) is 4.97. The second kappa shape index (κ2) is 5.79. The van der Waals surface area contributed by atoms with Gasteiger partial charge in [0.05, 0.1) is 10.6 Å². The van der Waals surface area contributed by atoms with Gasteiger partial charge in [-0.25, -0.2) is 4.79 Å². The molecule has 1 aromatic carbocycles. The molecule has 0 heterocycles. The minimum atomic E-state index is -4.62. The maximum absolute atomic E-state index is 11.8. The Morgan fingerprint density at radius 3 is 2.53 bits per heavy atom. The van der Waals surface area contributed by atoms with Crippen LogP contribution in [0, 0.1) is 0 Å². The zero-order valence-corrected chi connectivity index (χ0v) is 10.0. The number of benzene rings is 1. The average molecular weight is 297 g/mol. The molecule has 3 N–H and O–H groups in total. The van der Waals surface area contributed by atoms with E-state index in [1.54, 1.807) is 0 Å². The van der Waals surface area contributed by atoms with Crippen molar-refractivity contribution in [3.63, 3.8) is 0 Å². The van der Waals surface area contributed by atoms with Crippen LogP contribution >= 0.6 is 11.6 Å². The van der Waals surface area contributed by atoms with Crippen LogP contribution in [-0.2, 0) is 4.74 Å². The molecule has 5 nitrogen and oxygen atoms in total. The van der Waals surface area contributed by atoms with E-state index in [4.69, 9.17) is 17.3 Å². The lowest BCUT2D eigenvalue weighted by Gasteiger charge is -2.10. The highest BCUT2D eigenvalue weighted by Gasteiger charge is 2.29. The van der Waals surface area contributed by atoms with Crippen LogP contribution in [-0.4, -0.2) is 24.8 Å². The Bertz CT molecular complexity index is 505. The first kappa shape index (κ1) is 15.1. The molecule has 0 aliphatic rings. The molecule has 0 saturated carbocycles. The van der Waals surface area contributed by atoms with Gasteiger partial charge >= 0.3 is 12.3 Å². The van der Waals surface area contributed by atoms with E-state index in [0.29, 0.717) is 0 Å². The normalized spacial score (nSPS) is 10.9. The molecule has 0 aliphatic carbocycles. The number of halogens is 4. The number of amides is 2. The number of rotatable bonds is 3. The highest BCUT2D eigenvalue weighted by atomic mass is 35.5. The number of primary amides is 1. The van der Waals surface area contributed by atoms with Gasteiger partial charge in [-0.05, 0) is 18.2 Å². The van der Waals surface area contributed by atoms with Gasteiger partial charge in [0.1, 0.15) is 0 Å². The molecule has 0 unspecified atom stereocenters. The van der Waals surface area contributed by atoms with Gasteiger partial charge in [-0.1, -0.05) is 11.6 Å². The van der Waals surface area contributed by atoms with Crippen LogP contribution < -0.4 is 11.1 Å². The Balaban J connectivity index is 2.70. The number of alkyl halides is 3. The van der Waals surface area contributed by atoms with Crippen LogP contribution in [0.15, 0.2) is 18.2 Å². The number of ether oxygens (including phenoxy) is 1. The lowest BCUT2D eigenvalue weighted by molar-refractivity contribution is -0.159. The topological polar surface area (TPSA) is 81.4 Å².